The Morgan fingerprint density at radius 2 is 1.95 bits per heavy atom. The molecule has 2 aliphatic rings. The molecule has 5 atom stereocenters. The molecule has 0 bridgehead atoms. The van der Waals surface area contributed by atoms with E-state index in [1.807, 2.05) is 0 Å². The topological polar surface area (TPSA) is 15.3 Å². The van der Waals surface area contributed by atoms with Crippen LogP contribution < -0.4 is 5.32 Å². The Kier molecular flexibility index (Phi) is 5.70. The van der Waals surface area contributed by atoms with Crippen molar-refractivity contribution in [1.29, 1.82) is 0 Å². The lowest BCUT2D eigenvalue weighted by Crippen LogP contribution is -2.62. The van der Waals surface area contributed by atoms with E-state index in [0.717, 1.165) is 23.9 Å². The molecule has 1 aliphatic carbocycles. The maximum absolute atomic E-state index is 3.81. The molecule has 1 saturated carbocycles. The number of rotatable bonds is 4. The van der Waals surface area contributed by atoms with Crippen LogP contribution >= 0.6 is 0 Å². The van der Waals surface area contributed by atoms with E-state index in [9.17, 15) is 0 Å². The van der Waals surface area contributed by atoms with E-state index >= 15 is 0 Å². The van der Waals surface area contributed by atoms with Crippen molar-refractivity contribution < 1.29 is 0 Å². The molecule has 2 nitrogen and oxygen atoms in total. The molecule has 2 rings (SSSR count). The van der Waals surface area contributed by atoms with Crippen molar-refractivity contribution >= 4 is 0 Å². The van der Waals surface area contributed by atoms with E-state index < -0.39 is 0 Å². The average Bonchev–Trinajstić information content (AvgIpc) is 2.46. The lowest BCUT2D eigenvalue weighted by molar-refractivity contribution is 0.0240. The van der Waals surface area contributed by atoms with Crippen molar-refractivity contribution in [3.63, 3.8) is 0 Å². The highest BCUT2D eigenvalue weighted by atomic mass is 15.3. The fourth-order valence-corrected chi connectivity index (χ4v) is 4.09. The van der Waals surface area contributed by atoms with E-state index in [0.29, 0.717) is 6.04 Å². The van der Waals surface area contributed by atoms with Crippen LogP contribution in [0.3, 0.4) is 0 Å². The van der Waals surface area contributed by atoms with Gasteiger partial charge in [-0.1, -0.05) is 47.0 Å². The minimum Gasteiger partial charge on any atom is -0.311 e. The molecule has 5 unspecified atom stereocenters. The Hall–Kier alpha value is -0.0800. The summed E-state index contributed by atoms with van der Waals surface area (Å²) in [5, 5.41) is 3.81. The molecule has 0 spiro atoms. The second-order valence-electron chi connectivity index (χ2n) is 6.99. The summed E-state index contributed by atoms with van der Waals surface area (Å²) in [6, 6.07) is 2.33. The van der Waals surface area contributed by atoms with Gasteiger partial charge in [-0.05, 0) is 31.1 Å². The zero-order valence-corrected chi connectivity index (χ0v) is 13.5. The van der Waals surface area contributed by atoms with Crippen LogP contribution in [0.15, 0.2) is 0 Å². The molecule has 1 saturated heterocycles. The Bertz CT molecular complexity index is 266. The monoisotopic (exact) mass is 266 g/mol. The molecule has 112 valence electrons. The van der Waals surface area contributed by atoms with Gasteiger partial charge in [0.25, 0.3) is 0 Å². The van der Waals surface area contributed by atoms with Gasteiger partial charge in [-0.2, -0.15) is 0 Å². The largest absolute Gasteiger partial charge is 0.311 e. The smallest absolute Gasteiger partial charge is 0.0221 e. The standard InChI is InChI=1S/C17H34N2/c1-5-13(3)16-12-19(15(6-2)11-18-16)17-10-8-7-9-14(17)4/h13-18H,5-12H2,1-4H3. The first-order valence-corrected chi connectivity index (χ1v) is 8.66. The van der Waals surface area contributed by atoms with E-state index in [1.54, 1.807) is 0 Å². The van der Waals surface area contributed by atoms with Gasteiger partial charge in [0.2, 0.25) is 0 Å². The lowest BCUT2D eigenvalue weighted by atomic mass is 9.82. The highest BCUT2D eigenvalue weighted by Crippen LogP contribution is 2.31. The number of hydrogen-bond donors (Lipinski definition) is 1. The quantitative estimate of drug-likeness (QED) is 0.835. The summed E-state index contributed by atoms with van der Waals surface area (Å²) in [5.41, 5.74) is 0. The Labute approximate surface area is 120 Å². The predicted molar refractivity (Wildman–Crippen MR) is 83.5 cm³/mol. The number of hydrogen-bond acceptors (Lipinski definition) is 2. The minimum atomic E-state index is 0.710. The second-order valence-corrected chi connectivity index (χ2v) is 6.99. The molecule has 2 fully saturated rings. The Balaban J connectivity index is 2.04. The minimum absolute atomic E-state index is 0.710. The lowest BCUT2D eigenvalue weighted by Gasteiger charge is -2.49. The molecule has 0 aromatic heterocycles. The van der Waals surface area contributed by atoms with Gasteiger partial charge < -0.3 is 5.32 Å². The summed E-state index contributed by atoms with van der Waals surface area (Å²) in [5.74, 6) is 1.71. The summed E-state index contributed by atoms with van der Waals surface area (Å²) in [6.07, 6.45) is 8.37. The van der Waals surface area contributed by atoms with E-state index in [2.05, 4.69) is 37.9 Å². The van der Waals surface area contributed by atoms with Crippen LogP contribution in [0.5, 0.6) is 0 Å². The summed E-state index contributed by atoms with van der Waals surface area (Å²) >= 11 is 0. The van der Waals surface area contributed by atoms with Crippen LogP contribution in [-0.2, 0) is 0 Å². The van der Waals surface area contributed by atoms with Gasteiger partial charge in [-0.25, -0.2) is 0 Å². The molecule has 0 amide bonds. The molecular weight excluding hydrogens is 232 g/mol. The average molecular weight is 266 g/mol. The second kappa shape index (κ2) is 7.08. The SMILES string of the molecule is CCC(C)C1CN(C2CCCCC2C)C(CC)CN1. The fraction of sp³-hybridized carbons (Fsp3) is 1.00. The van der Waals surface area contributed by atoms with Crippen molar-refractivity contribution in [2.24, 2.45) is 11.8 Å². The molecule has 0 aromatic carbocycles. The molecule has 1 heterocycles. The Morgan fingerprint density at radius 3 is 2.58 bits per heavy atom. The van der Waals surface area contributed by atoms with Gasteiger partial charge in [-0.15, -0.1) is 0 Å². The molecular formula is C17H34N2. The van der Waals surface area contributed by atoms with Crippen molar-refractivity contribution in [1.82, 2.24) is 10.2 Å². The van der Waals surface area contributed by atoms with Gasteiger partial charge in [0, 0.05) is 31.2 Å². The van der Waals surface area contributed by atoms with Crippen LogP contribution in [0.2, 0.25) is 0 Å². The van der Waals surface area contributed by atoms with Crippen molar-refractivity contribution in [2.45, 2.75) is 84.3 Å². The first-order chi connectivity index (χ1) is 9.17. The zero-order valence-electron chi connectivity index (χ0n) is 13.5. The summed E-state index contributed by atoms with van der Waals surface area (Å²) in [4.78, 5) is 2.89. The summed E-state index contributed by atoms with van der Waals surface area (Å²) < 4.78 is 0. The number of nitrogens with one attached hydrogen (secondary N) is 1. The fourth-order valence-electron chi connectivity index (χ4n) is 4.09. The highest BCUT2D eigenvalue weighted by molar-refractivity contribution is 4.93. The maximum Gasteiger partial charge on any atom is 0.0221 e. The first-order valence-electron chi connectivity index (χ1n) is 8.66. The van der Waals surface area contributed by atoms with Gasteiger partial charge in [0.1, 0.15) is 0 Å². The highest BCUT2D eigenvalue weighted by Gasteiger charge is 2.36. The van der Waals surface area contributed by atoms with E-state index in [4.69, 9.17) is 0 Å². The predicted octanol–water partition coefficient (Wildman–Crippen LogP) is 3.66. The van der Waals surface area contributed by atoms with Gasteiger partial charge >= 0.3 is 0 Å². The van der Waals surface area contributed by atoms with E-state index in [1.165, 1.54) is 51.6 Å². The van der Waals surface area contributed by atoms with Crippen molar-refractivity contribution in [3.05, 3.63) is 0 Å². The van der Waals surface area contributed by atoms with E-state index in [-0.39, 0.29) is 0 Å². The molecule has 0 aromatic rings. The molecule has 2 heteroatoms. The molecule has 19 heavy (non-hydrogen) atoms. The van der Waals surface area contributed by atoms with Crippen molar-refractivity contribution in [3.8, 4) is 0 Å². The summed E-state index contributed by atoms with van der Waals surface area (Å²) in [6.45, 7) is 12.1. The molecule has 1 aliphatic heterocycles. The first kappa shape index (κ1) is 15.3. The number of nitrogens with zero attached hydrogens (tertiary/aromatic N) is 1. The van der Waals surface area contributed by atoms with Crippen LogP contribution in [0.4, 0.5) is 0 Å². The van der Waals surface area contributed by atoms with Crippen LogP contribution in [0, 0.1) is 11.8 Å². The van der Waals surface area contributed by atoms with Crippen LogP contribution in [0.1, 0.15) is 66.2 Å². The Morgan fingerprint density at radius 1 is 1.21 bits per heavy atom. The number of piperazine rings is 1. The molecule has 0 radical (unpaired) electrons. The van der Waals surface area contributed by atoms with Crippen LogP contribution in [-0.4, -0.2) is 36.1 Å². The third kappa shape index (κ3) is 3.52. The third-order valence-electron chi connectivity index (χ3n) is 5.79. The van der Waals surface area contributed by atoms with Gasteiger partial charge in [0.05, 0.1) is 0 Å². The maximum atomic E-state index is 3.81. The van der Waals surface area contributed by atoms with Gasteiger partial charge in [-0.3, -0.25) is 4.90 Å². The van der Waals surface area contributed by atoms with Crippen LogP contribution in [0.25, 0.3) is 0 Å². The normalized spacial score (nSPS) is 39.2. The zero-order chi connectivity index (χ0) is 13.8. The van der Waals surface area contributed by atoms with Gasteiger partial charge in [0.15, 0.2) is 0 Å². The summed E-state index contributed by atoms with van der Waals surface area (Å²) in [7, 11) is 0. The molecule has 1 N–H and O–H groups in total. The van der Waals surface area contributed by atoms with Crippen molar-refractivity contribution in [2.75, 3.05) is 13.1 Å². The third-order valence-corrected chi connectivity index (χ3v) is 5.79.